The summed E-state index contributed by atoms with van der Waals surface area (Å²) in [5.74, 6) is 0. The largest absolute Gasteiger partial charge is 0.394 e. The topological polar surface area (TPSA) is 74.2 Å². The van der Waals surface area contributed by atoms with Gasteiger partial charge in [0.25, 0.3) is 0 Å². The molecule has 0 bridgehead atoms. The Kier molecular flexibility index (Phi) is 6.34. The van der Waals surface area contributed by atoms with E-state index < -0.39 is 5.54 Å². The Balaban J connectivity index is 1.97. The van der Waals surface area contributed by atoms with Crippen LogP contribution in [0, 0.1) is 6.92 Å². The Morgan fingerprint density at radius 1 is 1.33 bits per heavy atom. The van der Waals surface area contributed by atoms with Crippen LogP contribution in [0.3, 0.4) is 0 Å². The standard InChI is InChI=1S/C18H25N3O2S/c1-4-10-18(3,12-22)21-17(23)19-11-15-13(2)20-16(24-15)14-8-6-5-7-9-14/h5-9,22H,4,10-12H2,1-3H3,(H2,19,21,23). The fraction of sp³-hybridized carbons (Fsp3) is 0.444. The van der Waals surface area contributed by atoms with E-state index in [1.54, 1.807) is 11.3 Å². The van der Waals surface area contributed by atoms with Gasteiger partial charge in [-0.15, -0.1) is 11.3 Å². The van der Waals surface area contributed by atoms with Crippen molar-refractivity contribution in [2.75, 3.05) is 6.61 Å². The number of aryl methyl sites for hydroxylation is 1. The van der Waals surface area contributed by atoms with Crippen molar-refractivity contribution in [3.05, 3.63) is 40.9 Å². The van der Waals surface area contributed by atoms with Crippen molar-refractivity contribution < 1.29 is 9.90 Å². The minimum absolute atomic E-state index is 0.0774. The molecule has 5 nitrogen and oxygen atoms in total. The molecule has 2 aromatic rings. The quantitative estimate of drug-likeness (QED) is 0.718. The van der Waals surface area contributed by atoms with Crippen LogP contribution in [0.15, 0.2) is 30.3 Å². The number of benzene rings is 1. The predicted molar refractivity (Wildman–Crippen MR) is 98.1 cm³/mol. The molecule has 6 heteroatoms. The first-order valence-electron chi connectivity index (χ1n) is 8.16. The summed E-state index contributed by atoms with van der Waals surface area (Å²) in [7, 11) is 0. The zero-order chi connectivity index (χ0) is 17.6. The fourth-order valence-electron chi connectivity index (χ4n) is 2.51. The van der Waals surface area contributed by atoms with E-state index in [-0.39, 0.29) is 12.6 Å². The minimum atomic E-state index is -0.587. The number of aliphatic hydroxyl groups excluding tert-OH is 1. The van der Waals surface area contributed by atoms with Crippen molar-refractivity contribution in [1.82, 2.24) is 15.6 Å². The molecule has 130 valence electrons. The molecule has 1 atom stereocenters. The second-order valence-corrected chi connectivity index (χ2v) is 7.25. The van der Waals surface area contributed by atoms with Gasteiger partial charge in [0.1, 0.15) is 5.01 Å². The first kappa shape index (κ1) is 18.4. The molecule has 0 radical (unpaired) electrons. The highest BCUT2D eigenvalue weighted by Gasteiger charge is 2.24. The van der Waals surface area contributed by atoms with Crippen molar-refractivity contribution in [3.63, 3.8) is 0 Å². The lowest BCUT2D eigenvalue weighted by Gasteiger charge is -2.28. The molecule has 1 unspecified atom stereocenters. The fourth-order valence-corrected chi connectivity index (χ4v) is 3.52. The van der Waals surface area contributed by atoms with Gasteiger partial charge < -0.3 is 15.7 Å². The molecule has 1 heterocycles. The maximum Gasteiger partial charge on any atom is 0.315 e. The van der Waals surface area contributed by atoms with Gasteiger partial charge in [-0.3, -0.25) is 0 Å². The van der Waals surface area contributed by atoms with Crippen LogP contribution < -0.4 is 10.6 Å². The van der Waals surface area contributed by atoms with E-state index in [1.807, 2.05) is 51.1 Å². The molecule has 1 aromatic heterocycles. The Hall–Kier alpha value is -1.92. The van der Waals surface area contributed by atoms with Crippen molar-refractivity contribution in [3.8, 4) is 10.6 Å². The second kappa shape index (κ2) is 8.26. The molecule has 0 saturated carbocycles. The number of carbonyl (C=O) groups excluding carboxylic acids is 1. The number of nitrogens with one attached hydrogen (secondary N) is 2. The molecule has 0 aliphatic heterocycles. The molecule has 1 aromatic carbocycles. The summed E-state index contributed by atoms with van der Waals surface area (Å²) in [6.07, 6.45) is 1.63. The molecular formula is C18H25N3O2S. The maximum absolute atomic E-state index is 12.1. The van der Waals surface area contributed by atoms with E-state index >= 15 is 0 Å². The van der Waals surface area contributed by atoms with Crippen LogP contribution in [0.5, 0.6) is 0 Å². The number of aromatic nitrogens is 1. The summed E-state index contributed by atoms with van der Waals surface area (Å²) >= 11 is 1.59. The molecular weight excluding hydrogens is 322 g/mol. The summed E-state index contributed by atoms with van der Waals surface area (Å²) in [4.78, 5) is 17.7. The van der Waals surface area contributed by atoms with Crippen LogP contribution in [-0.4, -0.2) is 28.3 Å². The van der Waals surface area contributed by atoms with Crippen molar-refractivity contribution in [1.29, 1.82) is 0 Å². The third-order valence-electron chi connectivity index (χ3n) is 3.89. The summed E-state index contributed by atoms with van der Waals surface area (Å²) in [5.41, 5.74) is 1.42. The monoisotopic (exact) mass is 347 g/mol. The number of carbonyl (C=O) groups is 1. The number of nitrogens with zero attached hydrogens (tertiary/aromatic N) is 1. The van der Waals surface area contributed by atoms with Crippen LogP contribution in [0.4, 0.5) is 4.79 Å². The van der Waals surface area contributed by atoms with Gasteiger partial charge in [0.15, 0.2) is 0 Å². The average Bonchev–Trinajstić information content (AvgIpc) is 2.95. The first-order chi connectivity index (χ1) is 11.5. The summed E-state index contributed by atoms with van der Waals surface area (Å²) in [6, 6.07) is 9.74. The lowest BCUT2D eigenvalue weighted by Crippen LogP contribution is -2.52. The number of hydrogen-bond acceptors (Lipinski definition) is 4. The summed E-state index contributed by atoms with van der Waals surface area (Å²) in [5, 5.41) is 16.1. The van der Waals surface area contributed by atoms with E-state index in [4.69, 9.17) is 0 Å². The van der Waals surface area contributed by atoms with Gasteiger partial charge in [0, 0.05) is 10.4 Å². The summed E-state index contributed by atoms with van der Waals surface area (Å²) < 4.78 is 0. The van der Waals surface area contributed by atoms with Crippen LogP contribution >= 0.6 is 11.3 Å². The molecule has 2 amide bonds. The molecule has 24 heavy (non-hydrogen) atoms. The number of urea groups is 1. The van der Waals surface area contributed by atoms with Gasteiger partial charge >= 0.3 is 6.03 Å². The third-order valence-corrected chi connectivity index (χ3v) is 5.10. The lowest BCUT2D eigenvalue weighted by molar-refractivity contribution is 0.163. The average molecular weight is 347 g/mol. The van der Waals surface area contributed by atoms with Crippen LogP contribution in [0.1, 0.15) is 37.3 Å². The van der Waals surface area contributed by atoms with Crippen LogP contribution in [0.2, 0.25) is 0 Å². The lowest BCUT2D eigenvalue weighted by atomic mass is 9.98. The highest BCUT2D eigenvalue weighted by atomic mass is 32.1. The number of thiazole rings is 1. The van der Waals surface area contributed by atoms with Crippen molar-refractivity contribution >= 4 is 17.4 Å². The molecule has 0 saturated heterocycles. The normalized spacial score (nSPS) is 13.3. The zero-order valence-electron chi connectivity index (χ0n) is 14.4. The van der Waals surface area contributed by atoms with Gasteiger partial charge in [0.2, 0.25) is 0 Å². The molecule has 3 N–H and O–H groups in total. The van der Waals surface area contributed by atoms with E-state index in [9.17, 15) is 9.90 Å². The third kappa shape index (κ3) is 4.79. The van der Waals surface area contributed by atoms with E-state index in [2.05, 4.69) is 15.6 Å². The molecule has 0 fully saturated rings. The van der Waals surface area contributed by atoms with Crippen LogP contribution in [-0.2, 0) is 6.54 Å². The van der Waals surface area contributed by atoms with E-state index in [1.165, 1.54) is 0 Å². The van der Waals surface area contributed by atoms with Gasteiger partial charge in [-0.05, 0) is 20.3 Å². The molecule has 0 aliphatic carbocycles. The zero-order valence-corrected chi connectivity index (χ0v) is 15.2. The number of aliphatic hydroxyl groups is 1. The number of rotatable bonds is 7. The highest BCUT2D eigenvalue weighted by molar-refractivity contribution is 7.15. The van der Waals surface area contributed by atoms with Crippen molar-refractivity contribution in [2.45, 2.75) is 45.7 Å². The smallest absolute Gasteiger partial charge is 0.315 e. The van der Waals surface area contributed by atoms with Crippen LogP contribution in [0.25, 0.3) is 10.6 Å². The SMILES string of the molecule is CCCC(C)(CO)NC(=O)NCc1sc(-c2ccccc2)nc1C. The number of hydrogen-bond donors (Lipinski definition) is 3. The number of amides is 2. The van der Waals surface area contributed by atoms with Gasteiger partial charge in [-0.1, -0.05) is 43.7 Å². The molecule has 2 rings (SSSR count). The Morgan fingerprint density at radius 2 is 2.04 bits per heavy atom. The molecule has 0 spiro atoms. The first-order valence-corrected chi connectivity index (χ1v) is 8.97. The second-order valence-electron chi connectivity index (χ2n) is 6.17. The Morgan fingerprint density at radius 3 is 2.67 bits per heavy atom. The van der Waals surface area contributed by atoms with Gasteiger partial charge in [-0.2, -0.15) is 0 Å². The van der Waals surface area contributed by atoms with Gasteiger partial charge in [-0.25, -0.2) is 9.78 Å². The van der Waals surface area contributed by atoms with E-state index in [0.717, 1.165) is 34.0 Å². The van der Waals surface area contributed by atoms with Gasteiger partial charge in [0.05, 0.1) is 24.4 Å². The minimum Gasteiger partial charge on any atom is -0.394 e. The maximum atomic E-state index is 12.1. The van der Waals surface area contributed by atoms with Crippen molar-refractivity contribution in [2.24, 2.45) is 0 Å². The van der Waals surface area contributed by atoms with E-state index in [0.29, 0.717) is 6.54 Å². The summed E-state index contributed by atoms with van der Waals surface area (Å²) in [6.45, 7) is 6.18. The molecule has 0 aliphatic rings. The predicted octanol–water partition coefficient (Wildman–Crippen LogP) is 3.47. The Labute approximate surface area is 147 Å². The Bertz CT molecular complexity index is 672. The highest BCUT2D eigenvalue weighted by Crippen LogP contribution is 2.27.